The van der Waals surface area contributed by atoms with Gasteiger partial charge in [0.25, 0.3) is 0 Å². The van der Waals surface area contributed by atoms with Crippen molar-refractivity contribution in [2.75, 3.05) is 26.7 Å². The summed E-state index contributed by atoms with van der Waals surface area (Å²) in [5, 5.41) is 3.03. The summed E-state index contributed by atoms with van der Waals surface area (Å²) in [6.45, 7) is 5.39. The Balaban J connectivity index is 2.36. The van der Waals surface area contributed by atoms with Crippen LogP contribution in [0.1, 0.15) is 19.8 Å². The second kappa shape index (κ2) is 5.18. The maximum absolute atomic E-state index is 3.30. The molecule has 0 spiro atoms. The van der Waals surface area contributed by atoms with Gasteiger partial charge in [-0.15, -0.1) is 0 Å². The number of hydrogen-bond donors (Lipinski definition) is 1. The van der Waals surface area contributed by atoms with Crippen molar-refractivity contribution in [2.45, 2.75) is 25.8 Å². The summed E-state index contributed by atoms with van der Waals surface area (Å²) < 4.78 is 0. The minimum atomic E-state index is 0.531. The highest BCUT2D eigenvalue weighted by Crippen LogP contribution is 2.14. The lowest BCUT2D eigenvalue weighted by Gasteiger charge is -2.16. The van der Waals surface area contributed by atoms with E-state index in [1.165, 1.54) is 19.4 Å². The normalized spacial score (nSPS) is 23.7. The summed E-state index contributed by atoms with van der Waals surface area (Å²) in [4.78, 5) is 2.45. The second-order valence-electron chi connectivity index (χ2n) is 3.14. The van der Waals surface area contributed by atoms with E-state index in [2.05, 4.69) is 29.0 Å². The molecule has 0 aromatic heterocycles. The van der Waals surface area contributed by atoms with Gasteiger partial charge in [-0.2, -0.15) is 0 Å². The fourth-order valence-electron chi connectivity index (χ4n) is 1.63. The minimum Gasteiger partial charge on any atom is -0.309 e. The first-order valence-electron chi connectivity index (χ1n) is 4.75. The van der Waals surface area contributed by atoms with Crippen LogP contribution < -0.4 is 5.32 Å². The third-order valence-electron chi connectivity index (χ3n) is 2.30. The van der Waals surface area contributed by atoms with Gasteiger partial charge in [0.05, 0.1) is 12.6 Å². The first-order valence-corrected chi connectivity index (χ1v) is 4.75. The van der Waals surface area contributed by atoms with E-state index in [-0.39, 0.29) is 0 Å². The van der Waals surface area contributed by atoms with Crippen molar-refractivity contribution in [3.8, 4) is 11.8 Å². The van der Waals surface area contributed by atoms with Crippen LogP contribution in [-0.2, 0) is 0 Å². The van der Waals surface area contributed by atoms with Crippen LogP contribution in [0.3, 0.4) is 0 Å². The molecule has 1 heterocycles. The fraction of sp³-hybridized carbons (Fsp3) is 0.800. The lowest BCUT2D eigenvalue weighted by Crippen LogP contribution is -2.27. The third kappa shape index (κ3) is 2.51. The van der Waals surface area contributed by atoms with E-state index >= 15 is 0 Å². The molecule has 2 nitrogen and oxygen atoms in total. The van der Waals surface area contributed by atoms with Gasteiger partial charge in [0.15, 0.2) is 0 Å². The van der Waals surface area contributed by atoms with Crippen LogP contribution in [0, 0.1) is 11.8 Å². The zero-order valence-corrected chi connectivity index (χ0v) is 8.06. The summed E-state index contributed by atoms with van der Waals surface area (Å²) >= 11 is 0. The molecule has 12 heavy (non-hydrogen) atoms. The van der Waals surface area contributed by atoms with Gasteiger partial charge in [0, 0.05) is 0 Å². The maximum Gasteiger partial charge on any atom is 0.0715 e. The van der Waals surface area contributed by atoms with E-state index in [4.69, 9.17) is 0 Å². The predicted octanol–water partition coefficient (Wildman–Crippen LogP) is 0.694. The van der Waals surface area contributed by atoms with Crippen LogP contribution in [-0.4, -0.2) is 37.6 Å². The fourth-order valence-corrected chi connectivity index (χ4v) is 1.63. The van der Waals surface area contributed by atoms with Crippen molar-refractivity contribution >= 4 is 0 Å². The number of likely N-dealkylation sites (tertiary alicyclic amines) is 1. The lowest BCUT2D eigenvalue weighted by molar-refractivity contribution is 0.313. The Morgan fingerprint density at radius 3 is 3.08 bits per heavy atom. The Kier molecular flexibility index (Phi) is 4.13. The molecular weight excluding hydrogens is 148 g/mol. The Hall–Kier alpha value is -0.520. The average Bonchev–Trinajstić information content (AvgIpc) is 2.52. The third-order valence-corrected chi connectivity index (χ3v) is 2.30. The summed E-state index contributed by atoms with van der Waals surface area (Å²) in [7, 11) is 1.93. The Bertz CT molecular complexity index is 178. The minimum absolute atomic E-state index is 0.531. The van der Waals surface area contributed by atoms with Crippen LogP contribution in [0.25, 0.3) is 0 Å². The van der Waals surface area contributed by atoms with Crippen LogP contribution >= 0.6 is 0 Å². The monoisotopic (exact) mass is 166 g/mol. The van der Waals surface area contributed by atoms with Gasteiger partial charge in [-0.05, 0) is 33.0 Å². The molecule has 2 heteroatoms. The average molecular weight is 166 g/mol. The molecule has 1 aliphatic rings. The van der Waals surface area contributed by atoms with Gasteiger partial charge in [0.2, 0.25) is 0 Å². The van der Waals surface area contributed by atoms with Crippen LogP contribution in [0.15, 0.2) is 0 Å². The number of rotatable bonds is 2. The van der Waals surface area contributed by atoms with E-state index < -0.39 is 0 Å². The molecule has 0 aromatic carbocycles. The Labute approximate surface area is 75.3 Å². The smallest absolute Gasteiger partial charge is 0.0715 e. The van der Waals surface area contributed by atoms with Gasteiger partial charge < -0.3 is 5.32 Å². The molecule has 1 unspecified atom stereocenters. The molecular formula is C10H18N2. The molecule has 68 valence electrons. The predicted molar refractivity (Wildman–Crippen MR) is 52.0 cm³/mol. The number of nitrogens with zero attached hydrogens (tertiary/aromatic N) is 1. The molecule has 0 radical (unpaired) electrons. The number of hydrogen-bond acceptors (Lipinski definition) is 2. The highest BCUT2D eigenvalue weighted by molar-refractivity contribution is 5.10. The van der Waals surface area contributed by atoms with Crippen molar-refractivity contribution < 1.29 is 0 Å². The van der Waals surface area contributed by atoms with Gasteiger partial charge in [-0.3, -0.25) is 4.90 Å². The molecule has 0 amide bonds. The first-order chi connectivity index (χ1) is 5.88. The molecule has 1 rings (SSSR count). The molecule has 1 N–H and O–H groups in total. The highest BCUT2D eigenvalue weighted by atomic mass is 15.2. The summed E-state index contributed by atoms with van der Waals surface area (Å²) in [6, 6.07) is 0.531. The molecule has 0 aromatic rings. The summed E-state index contributed by atoms with van der Waals surface area (Å²) in [5.74, 6) is 6.44. The molecule has 1 fully saturated rings. The highest BCUT2D eigenvalue weighted by Gasteiger charge is 2.20. The standard InChI is InChI=1S/C10H18N2/c1-3-12-9-5-7-10(12)6-4-8-11-2/h10-11H,3,5,7-9H2,1-2H3. The largest absolute Gasteiger partial charge is 0.309 e. The van der Waals surface area contributed by atoms with Gasteiger partial charge in [0.1, 0.15) is 0 Å². The second-order valence-corrected chi connectivity index (χ2v) is 3.14. The summed E-state index contributed by atoms with van der Waals surface area (Å²) in [5.41, 5.74) is 0. The van der Waals surface area contributed by atoms with Crippen LogP contribution in [0.2, 0.25) is 0 Å². The Morgan fingerprint density at radius 2 is 2.42 bits per heavy atom. The van der Waals surface area contributed by atoms with Gasteiger partial charge >= 0.3 is 0 Å². The zero-order chi connectivity index (χ0) is 8.81. The van der Waals surface area contributed by atoms with Crippen molar-refractivity contribution in [3.05, 3.63) is 0 Å². The molecule has 1 atom stereocenters. The van der Waals surface area contributed by atoms with Gasteiger partial charge in [-0.1, -0.05) is 18.8 Å². The molecule has 1 aliphatic heterocycles. The van der Waals surface area contributed by atoms with E-state index in [0.717, 1.165) is 13.1 Å². The Morgan fingerprint density at radius 1 is 1.58 bits per heavy atom. The topological polar surface area (TPSA) is 15.3 Å². The quantitative estimate of drug-likeness (QED) is 0.607. The molecule has 0 saturated carbocycles. The molecule has 0 aliphatic carbocycles. The lowest BCUT2D eigenvalue weighted by atomic mass is 10.2. The van der Waals surface area contributed by atoms with Crippen molar-refractivity contribution in [1.29, 1.82) is 0 Å². The maximum atomic E-state index is 3.30. The van der Waals surface area contributed by atoms with Crippen LogP contribution in [0.5, 0.6) is 0 Å². The molecule has 0 bridgehead atoms. The molecule has 1 saturated heterocycles. The number of nitrogens with one attached hydrogen (secondary N) is 1. The van der Waals surface area contributed by atoms with Crippen LogP contribution in [0.4, 0.5) is 0 Å². The van der Waals surface area contributed by atoms with E-state index in [1.807, 2.05) is 7.05 Å². The van der Waals surface area contributed by atoms with E-state index in [1.54, 1.807) is 0 Å². The van der Waals surface area contributed by atoms with Crippen molar-refractivity contribution in [1.82, 2.24) is 10.2 Å². The first kappa shape index (κ1) is 9.57. The SMILES string of the molecule is CCN1CCCC1C#CCNC. The summed E-state index contributed by atoms with van der Waals surface area (Å²) in [6.07, 6.45) is 2.57. The van der Waals surface area contributed by atoms with Gasteiger partial charge in [-0.25, -0.2) is 0 Å². The van der Waals surface area contributed by atoms with E-state index in [0.29, 0.717) is 6.04 Å². The van der Waals surface area contributed by atoms with Crippen molar-refractivity contribution in [2.24, 2.45) is 0 Å². The zero-order valence-electron chi connectivity index (χ0n) is 8.06. The van der Waals surface area contributed by atoms with Crippen molar-refractivity contribution in [3.63, 3.8) is 0 Å². The van der Waals surface area contributed by atoms with E-state index in [9.17, 15) is 0 Å².